The lowest BCUT2D eigenvalue weighted by atomic mass is 10.1. The Balaban J connectivity index is 2.64. The minimum absolute atomic E-state index is 0.300. The van der Waals surface area contributed by atoms with Crippen LogP contribution in [-0.2, 0) is 0 Å². The molecule has 6 heteroatoms. The summed E-state index contributed by atoms with van der Waals surface area (Å²) in [4.78, 5) is 0. The molecule has 2 rings (SSSR count). The molecule has 0 bridgehead atoms. The number of fused-ring (bicyclic) bond motifs is 1. The van der Waals surface area contributed by atoms with E-state index < -0.39 is 10.3 Å². The number of benzene rings is 1. The van der Waals surface area contributed by atoms with Crippen molar-refractivity contribution in [2.24, 2.45) is 0 Å². The predicted octanol–water partition coefficient (Wildman–Crippen LogP) is -1.39. The molecule has 0 amide bonds. The number of nitrogen functional groups attached to an aromatic ring is 1. The van der Waals surface area contributed by atoms with E-state index in [4.69, 9.17) is 5.73 Å². The lowest BCUT2D eigenvalue weighted by molar-refractivity contribution is -1.41. The van der Waals surface area contributed by atoms with Gasteiger partial charge >= 0.3 is 0 Å². The van der Waals surface area contributed by atoms with Crippen LogP contribution in [0.25, 0.3) is 6.08 Å². The van der Waals surface area contributed by atoms with Crippen LogP contribution in [0.4, 0.5) is 17.1 Å². The quantitative estimate of drug-likeness (QED) is 0.337. The van der Waals surface area contributed by atoms with Crippen LogP contribution in [0.1, 0.15) is 5.56 Å². The maximum absolute atomic E-state index is 11.6. The van der Waals surface area contributed by atoms with Crippen molar-refractivity contribution in [2.75, 3.05) is 18.1 Å². The maximum atomic E-state index is 11.6. The minimum atomic E-state index is -0.540. The Morgan fingerprint density at radius 1 is 1.33 bits per heavy atom. The average Bonchev–Trinajstić information content (AvgIpc) is 2.24. The molecular weight excluding hydrogens is 196 g/mol. The molecule has 1 aromatic rings. The fraction of sp³-hybridized carbons (Fsp3) is 0.111. The van der Waals surface area contributed by atoms with E-state index in [0.717, 1.165) is 5.69 Å². The number of nitrogens with one attached hydrogen (secondary N) is 3. The molecule has 2 unspecified atom stereocenters. The van der Waals surface area contributed by atoms with Crippen molar-refractivity contribution in [1.82, 2.24) is 0 Å². The van der Waals surface area contributed by atoms with E-state index in [-0.39, 0.29) is 0 Å². The zero-order valence-corrected chi connectivity index (χ0v) is 8.20. The van der Waals surface area contributed by atoms with Crippen molar-refractivity contribution < 1.29 is 10.3 Å². The third-order valence-corrected chi connectivity index (χ3v) is 2.40. The van der Waals surface area contributed by atoms with Gasteiger partial charge in [-0.2, -0.15) is 10.3 Å². The smallest absolute Gasteiger partial charge is 0.212 e. The second-order valence-electron chi connectivity index (χ2n) is 3.27. The second-order valence-corrected chi connectivity index (χ2v) is 3.27. The van der Waals surface area contributed by atoms with Gasteiger partial charge < -0.3 is 21.5 Å². The Labute approximate surface area is 86.7 Å². The van der Waals surface area contributed by atoms with Crippen molar-refractivity contribution in [1.29, 1.82) is 0 Å². The Kier molecular flexibility index (Phi) is 2.33. The molecule has 15 heavy (non-hydrogen) atoms. The van der Waals surface area contributed by atoms with Crippen molar-refractivity contribution >= 4 is 23.1 Å². The Hall–Kier alpha value is -1.60. The van der Waals surface area contributed by atoms with Crippen molar-refractivity contribution in [3.63, 3.8) is 0 Å². The zero-order chi connectivity index (χ0) is 11.0. The summed E-state index contributed by atoms with van der Waals surface area (Å²) in [6, 6.07) is 3.40. The SMILES string of the molecule is CNc1ccc(N)c2c1C=C[NH+]([O-])[NH+]2[O-]. The van der Waals surface area contributed by atoms with Gasteiger partial charge in [0.25, 0.3) is 0 Å². The Morgan fingerprint density at radius 2 is 2.07 bits per heavy atom. The molecule has 80 valence electrons. The first-order valence-electron chi connectivity index (χ1n) is 4.52. The molecule has 0 saturated carbocycles. The molecule has 5 N–H and O–H groups in total. The van der Waals surface area contributed by atoms with Gasteiger partial charge in [0, 0.05) is 18.8 Å². The average molecular weight is 208 g/mol. The van der Waals surface area contributed by atoms with Crippen LogP contribution in [-0.4, -0.2) is 7.05 Å². The van der Waals surface area contributed by atoms with E-state index >= 15 is 0 Å². The normalized spacial score (nSPS) is 23.7. The number of quaternary nitrogens is 2. The number of hydrogen-bond donors (Lipinski definition) is 4. The number of rotatable bonds is 1. The summed E-state index contributed by atoms with van der Waals surface area (Å²) in [5.41, 5.74) is 7.79. The highest BCUT2D eigenvalue weighted by atomic mass is 16.7. The number of anilines is 2. The van der Waals surface area contributed by atoms with Crippen LogP contribution in [0.2, 0.25) is 0 Å². The highest BCUT2D eigenvalue weighted by molar-refractivity contribution is 5.81. The van der Waals surface area contributed by atoms with Crippen LogP contribution in [0.3, 0.4) is 0 Å². The van der Waals surface area contributed by atoms with E-state index in [9.17, 15) is 10.4 Å². The first kappa shape index (κ1) is 9.94. The molecule has 0 aliphatic carbocycles. The largest absolute Gasteiger partial charge is 0.578 e. The van der Waals surface area contributed by atoms with Gasteiger partial charge in [-0.1, -0.05) is 0 Å². The lowest BCUT2D eigenvalue weighted by Gasteiger charge is -2.33. The molecule has 2 atom stereocenters. The van der Waals surface area contributed by atoms with Gasteiger partial charge in [0.15, 0.2) is 0 Å². The van der Waals surface area contributed by atoms with Gasteiger partial charge in [0.1, 0.15) is 6.20 Å². The van der Waals surface area contributed by atoms with Crippen molar-refractivity contribution in [2.45, 2.75) is 0 Å². The first-order chi connectivity index (χ1) is 7.15. The molecule has 1 aromatic carbocycles. The molecule has 1 aliphatic rings. The van der Waals surface area contributed by atoms with Crippen LogP contribution in [0, 0.1) is 10.4 Å². The van der Waals surface area contributed by atoms with Gasteiger partial charge in [0.2, 0.25) is 5.69 Å². The van der Waals surface area contributed by atoms with Crippen LogP contribution in [0.15, 0.2) is 18.3 Å². The van der Waals surface area contributed by atoms with Gasteiger partial charge in [-0.3, -0.25) is 0 Å². The standard InChI is InChI=1S/C9H12N4O2/c1-11-8-3-2-7(10)9-6(8)4-5-12(14)13(9)15/h2-5,11-13H,10H2,1H3. The van der Waals surface area contributed by atoms with Gasteiger partial charge in [-0.25, -0.2) is 0 Å². The van der Waals surface area contributed by atoms with E-state index in [1.807, 2.05) is 0 Å². The van der Waals surface area contributed by atoms with E-state index in [1.165, 1.54) is 6.20 Å². The summed E-state index contributed by atoms with van der Waals surface area (Å²) in [7, 11) is 1.75. The third-order valence-electron chi connectivity index (χ3n) is 2.40. The summed E-state index contributed by atoms with van der Waals surface area (Å²) in [5.74, 6) is 0. The van der Waals surface area contributed by atoms with E-state index in [0.29, 0.717) is 16.9 Å². The maximum Gasteiger partial charge on any atom is 0.212 e. The van der Waals surface area contributed by atoms with Crippen LogP contribution in [0.5, 0.6) is 0 Å². The van der Waals surface area contributed by atoms with Gasteiger partial charge in [0.05, 0.1) is 11.3 Å². The molecule has 0 saturated heterocycles. The Bertz CT molecular complexity index is 419. The number of nitrogens with two attached hydrogens (primary N) is 1. The van der Waals surface area contributed by atoms with Crippen molar-refractivity contribution in [3.05, 3.63) is 34.3 Å². The van der Waals surface area contributed by atoms with Gasteiger partial charge in [-0.15, -0.1) is 0 Å². The molecule has 1 aliphatic heterocycles. The highest BCUT2D eigenvalue weighted by Crippen LogP contribution is 2.28. The molecule has 0 aromatic heterocycles. The topological polar surface area (TPSA) is 93.0 Å². The van der Waals surface area contributed by atoms with Crippen molar-refractivity contribution in [3.8, 4) is 0 Å². The molecule has 6 nitrogen and oxygen atoms in total. The molecular formula is C9H12N4O2. The summed E-state index contributed by atoms with van der Waals surface area (Å²) in [5, 5.41) is 24.7. The summed E-state index contributed by atoms with van der Waals surface area (Å²) >= 11 is 0. The van der Waals surface area contributed by atoms with Crippen LogP contribution >= 0.6 is 0 Å². The van der Waals surface area contributed by atoms with E-state index in [1.54, 1.807) is 25.3 Å². The van der Waals surface area contributed by atoms with E-state index in [2.05, 4.69) is 5.32 Å². The first-order valence-corrected chi connectivity index (χ1v) is 4.52. The highest BCUT2D eigenvalue weighted by Gasteiger charge is 2.23. The Morgan fingerprint density at radius 3 is 2.73 bits per heavy atom. The monoisotopic (exact) mass is 208 g/mol. The third kappa shape index (κ3) is 1.45. The summed E-state index contributed by atoms with van der Waals surface area (Å²) < 4.78 is 0. The second kappa shape index (κ2) is 3.52. The predicted molar refractivity (Wildman–Crippen MR) is 57.8 cm³/mol. The zero-order valence-electron chi connectivity index (χ0n) is 8.20. The fourth-order valence-electron chi connectivity index (χ4n) is 1.64. The fourth-order valence-corrected chi connectivity index (χ4v) is 1.64. The molecule has 0 fully saturated rings. The number of hydroxylamine groups is 1. The lowest BCUT2D eigenvalue weighted by Crippen LogP contribution is -3.52. The summed E-state index contributed by atoms with van der Waals surface area (Å²) in [6.45, 7) is 0. The molecule has 0 radical (unpaired) electrons. The van der Waals surface area contributed by atoms with Gasteiger partial charge in [-0.05, 0) is 12.1 Å². The number of hydrogen-bond acceptors (Lipinski definition) is 4. The molecule has 0 spiro atoms. The summed E-state index contributed by atoms with van der Waals surface area (Å²) in [6.07, 6.45) is 2.88. The van der Waals surface area contributed by atoms with Crippen LogP contribution < -0.4 is 21.4 Å². The minimum Gasteiger partial charge on any atom is -0.578 e. The molecule has 1 heterocycles.